The maximum absolute atomic E-state index is 11.1. The molecular formula is C9H20N4O2. The van der Waals surface area contributed by atoms with Crippen LogP contribution in [0.3, 0.4) is 0 Å². The summed E-state index contributed by atoms with van der Waals surface area (Å²) < 4.78 is 0. The average molecular weight is 216 g/mol. The van der Waals surface area contributed by atoms with Gasteiger partial charge in [0.05, 0.1) is 0 Å². The molecule has 15 heavy (non-hydrogen) atoms. The fourth-order valence-electron chi connectivity index (χ4n) is 0.996. The first-order valence-corrected chi connectivity index (χ1v) is 5.07. The summed E-state index contributed by atoms with van der Waals surface area (Å²) in [5.74, 6) is 0.224. The lowest BCUT2D eigenvalue weighted by atomic mass is 10.2. The Morgan fingerprint density at radius 2 is 2.13 bits per heavy atom. The first kappa shape index (κ1) is 13.5. The molecule has 0 saturated heterocycles. The molecule has 0 aliphatic carbocycles. The zero-order valence-corrected chi connectivity index (χ0v) is 9.29. The lowest BCUT2D eigenvalue weighted by Gasteiger charge is -2.09. The number of carbonyl (C=O) groups excluding carboxylic acids is 1. The molecule has 0 rings (SSSR count). The van der Waals surface area contributed by atoms with Crippen molar-refractivity contribution in [2.75, 3.05) is 6.54 Å². The molecule has 0 aromatic rings. The summed E-state index contributed by atoms with van der Waals surface area (Å²) in [6, 6.07) is -0.0176. The van der Waals surface area contributed by atoms with Crippen LogP contribution in [0.15, 0.2) is 5.16 Å². The van der Waals surface area contributed by atoms with E-state index in [2.05, 4.69) is 15.8 Å². The predicted molar refractivity (Wildman–Crippen MR) is 58.9 cm³/mol. The van der Waals surface area contributed by atoms with Gasteiger partial charge in [0.15, 0.2) is 0 Å². The maximum Gasteiger partial charge on any atom is 0.314 e. The normalized spacial score (nSPS) is 11.5. The van der Waals surface area contributed by atoms with Gasteiger partial charge in [-0.05, 0) is 26.7 Å². The zero-order valence-electron chi connectivity index (χ0n) is 9.29. The number of nitrogens with zero attached hydrogens (tertiary/aromatic N) is 1. The first-order chi connectivity index (χ1) is 7.06. The van der Waals surface area contributed by atoms with E-state index in [9.17, 15) is 4.79 Å². The molecule has 0 atom stereocenters. The van der Waals surface area contributed by atoms with Gasteiger partial charge in [-0.15, -0.1) is 0 Å². The minimum Gasteiger partial charge on any atom is -0.409 e. The Labute approximate surface area is 89.9 Å². The molecule has 0 bridgehead atoms. The maximum atomic E-state index is 11.1. The quantitative estimate of drug-likeness (QED) is 0.172. The molecule has 2 amide bonds. The number of nitrogens with two attached hydrogens (primary N) is 1. The van der Waals surface area contributed by atoms with Crippen molar-refractivity contribution in [1.82, 2.24) is 10.6 Å². The van der Waals surface area contributed by atoms with E-state index >= 15 is 0 Å². The second-order valence-corrected chi connectivity index (χ2v) is 3.60. The number of hydrogen-bond acceptors (Lipinski definition) is 3. The number of unbranched alkanes of at least 4 members (excludes halogenated alkanes) is 1. The van der Waals surface area contributed by atoms with Crippen LogP contribution in [0.25, 0.3) is 0 Å². The number of amides is 2. The fourth-order valence-corrected chi connectivity index (χ4v) is 0.996. The largest absolute Gasteiger partial charge is 0.409 e. The molecule has 6 nitrogen and oxygen atoms in total. The van der Waals surface area contributed by atoms with E-state index in [1.165, 1.54) is 0 Å². The molecule has 0 unspecified atom stereocenters. The van der Waals surface area contributed by atoms with E-state index in [4.69, 9.17) is 10.9 Å². The molecule has 0 aliphatic rings. The number of urea groups is 1. The van der Waals surface area contributed by atoms with Crippen LogP contribution in [0.1, 0.15) is 33.1 Å². The van der Waals surface area contributed by atoms with Gasteiger partial charge in [0.25, 0.3) is 0 Å². The minimum atomic E-state index is -0.159. The fraction of sp³-hybridized carbons (Fsp3) is 0.778. The molecule has 0 saturated carbocycles. The van der Waals surface area contributed by atoms with Crippen molar-refractivity contribution in [1.29, 1.82) is 0 Å². The van der Waals surface area contributed by atoms with Crippen LogP contribution in [-0.2, 0) is 0 Å². The van der Waals surface area contributed by atoms with E-state index in [0.717, 1.165) is 12.8 Å². The Bertz CT molecular complexity index is 216. The molecule has 88 valence electrons. The lowest BCUT2D eigenvalue weighted by molar-refractivity contribution is 0.238. The highest BCUT2D eigenvalue weighted by atomic mass is 16.4. The third kappa shape index (κ3) is 8.86. The Morgan fingerprint density at radius 1 is 1.47 bits per heavy atom. The van der Waals surface area contributed by atoms with Crippen LogP contribution >= 0.6 is 0 Å². The zero-order chi connectivity index (χ0) is 11.7. The SMILES string of the molecule is CC(C)NC(=O)NCCCCC(N)=NO. The molecule has 0 aromatic heterocycles. The van der Waals surface area contributed by atoms with Crippen molar-refractivity contribution >= 4 is 11.9 Å². The van der Waals surface area contributed by atoms with Gasteiger partial charge in [-0.3, -0.25) is 0 Å². The average Bonchev–Trinajstić information content (AvgIpc) is 2.15. The van der Waals surface area contributed by atoms with Gasteiger partial charge < -0.3 is 21.6 Å². The van der Waals surface area contributed by atoms with E-state index in [1.807, 2.05) is 13.8 Å². The van der Waals surface area contributed by atoms with E-state index < -0.39 is 0 Å². The summed E-state index contributed by atoms with van der Waals surface area (Å²) in [4.78, 5) is 11.1. The van der Waals surface area contributed by atoms with Gasteiger partial charge in [-0.2, -0.15) is 0 Å². The number of oxime groups is 1. The summed E-state index contributed by atoms with van der Waals surface area (Å²) in [6.07, 6.45) is 2.14. The molecule has 0 fully saturated rings. The van der Waals surface area contributed by atoms with Gasteiger partial charge in [-0.25, -0.2) is 4.79 Å². The van der Waals surface area contributed by atoms with E-state index in [-0.39, 0.29) is 17.9 Å². The second kappa shape index (κ2) is 7.90. The molecule has 0 spiro atoms. The van der Waals surface area contributed by atoms with Gasteiger partial charge in [-0.1, -0.05) is 5.16 Å². The van der Waals surface area contributed by atoms with Crippen LogP contribution < -0.4 is 16.4 Å². The number of carbonyl (C=O) groups is 1. The van der Waals surface area contributed by atoms with Crippen molar-refractivity contribution in [3.05, 3.63) is 0 Å². The first-order valence-electron chi connectivity index (χ1n) is 5.07. The summed E-state index contributed by atoms with van der Waals surface area (Å²) in [6.45, 7) is 4.40. The Kier molecular flexibility index (Phi) is 7.13. The summed E-state index contributed by atoms with van der Waals surface area (Å²) in [5, 5.41) is 16.5. The minimum absolute atomic E-state index is 0.141. The van der Waals surface area contributed by atoms with Crippen LogP contribution in [0.5, 0.6) is 0 Å². The third-order valence-electron chi connectivity index (χ3n) is 1.69. The van der Waals surface area contributed by atoms with Gasteiger partial charge in [0, 0.05) is 19.0 Å². The van der Waals surface area contributed by atoms with Crippen LogP contribution in [0.2, 0.25) is 0 Å². The monoisotopic (exact) mass is 216 g/mol. The van der Waals surface area contributed by atoms with Crippen molar-refractivity contribution in [2.24, 2.45) is 10.9 Å². The van der Waals surface area contributed by atoms with E-state index in [1.54, 1.807) is 0 Å². The second-order valence-electron chi connectivity index (χ2n) is 3.60. The molecular weight excluding hydrogens is 196 g/mol. The van der Waals surface area contributed by atoms with Crippen LogP contribution in [0, 0.1) is 0 Å². The number of nitrogens with one attached hydrogen (secondary N) is 2. The van der Waals surface area contributed by atoms with Gasteiger partial charge in [0.1, 0.15) is 5.84 Å². The summed E-state index contributed by atoms with van der Waals surface area (Å²) in [7, 11) is 0. The number of rotatable bonds is 6. The van der Waals surface area contributed by atoms with E-state index in [0.29, 0.717) is 13.0 Å². The van der Waals surface area contributed by atoms with Gasteiger partial charge >= 0.3 is 6.03 Å². The van der Waals surface area contributed by atoms with Crippen molar-refractivity contribution < 1.29 is 10.0 Å². The highest BCUT2D eigenvalue weighted by Gasteiger charge is 2.00. The van der Waals surface area contributed by atoms with Gasteiger partial charge in [0.2, 0.25) is 0 Å². The smallest absolute Gasteiger partial charge is 0.314 e. The molecule has 0 aliphatic heterocycles. The Balaban J connectivity index is 3.35. The highest BCUT2D eigenvalue weighted by Crippen LogP contribution is 1.93. The molecule has 0 radical (unpaired) electrons. The Hall–Kier alpha value is -1.46. The van der Waals surface area contributed by atoms with Crippen LogP contribution in [0.4, 0.5) is 4.79 Å². The lowest BCUT2D eigenvalue weighted by Crippen LogP contribution is -2.39. The molecule has 6 heteroatoms. The topological polar surface area (TPSA) is 99.7 Å². The van der Waals surface area contributed by atoms with Crippen molar-refractivity contribution in [2.45, 2.75) is 39.2 Å². The molecule has 0 aromatic carbocycles. The standard InChI is InChI=1S/C9H20N4O2/c1-7(2)12-9(14)11-6-4-3-5-8(10)13-15/h7,15H,3-6H2,1-2H3,(H2,10,13)(H2,11,12,14). The number of hydrogen-bond donors (Lipinski definition) is 4. The number of amidine groups is 1. The summed E-state index contributed by atoms with van der Waals surface area (Å²) in [5.41, 5.74) is 5.28. The third-order valence-corrected chi connectivity index (χ3v) is 1.69. The Morgan fingerprint density at radius 3 is 2.67 bits per heavy atom. The molecule has 5 N–H and O–H groups in total. The van der Waals surface area contributed by atoms with Crippen molar-refractivity contribution in [3.63, 3.8) is 0 Å². The highest BCUT2D eigenvalue weighted by molar-refractivity contribution is 5.79. The molecule has 0 heterocycles. The predicted octanol–water partition coefficient (Wildman–Crippen LogP) is 0.611. The van der Waals surface area contributed by atoms with Crippen LogP contribution in [-0.4, -0.2) is 29.7 Å². The van der Waals surface area contributed by atoms with Crippen molar-refractivity contribution in [3.8, 4) is 0 Å². The summed E-state index contributed by atoms with van der Waals surface area (Å²) >= 11 is 0.